The van der Waals surface area contributed by atoms with Gasteiger partial charge in [-0.25, -0.2) is 9.50 Å². The summed E-state index contributed by atoms with van der Waals surface area (Å²) in [5.74, 6) is 0.648. The summed E-state index contributed by atoms with van der Waals surface area (Å²) < 4.78 is 1.80. The molecule has 0 aliphatic carbocycles. The molecule has 5 aromatic rings. The van der Waals surface area contributed by atoms with Crippen molar-refractivity contribution in [1.82, 2.24) is 24.8 Å². The predicted molar refractivity (Wildman–Crippen MR) is 160 cm³/mol. The molecule has 2 N–H and O–H groups in total. The maximum absolute atomic E-state index is 13.0. The first-order valence-corrected chi connectivity index (χ1v) is 14.0. The van der Waals surface area contributed by atoms with Gasteiger partial charge in [0.2, 0.25) is 0 Å². The van der Waals surface area contributed by atoms with Crippen LogP contribution in [0.3, 0.4) is 0 Å². The molecule has 1 aliphatic heterocycles. The van der Waals surface area contributed by atoms with E-state index in [2.05, 4.69) is 44.8 Å². The highest BCUT2D eigenvalue weighted by atomic mass is 35.5. The van der Waals surface area contributed by atoms with Crippen LogP contribution >= 0.6 is 23.2 Å². The van der Waals surface area contributed by atoms with Crippen molar-refractivity contribution in [2.45, 2.75) is 25.6 Å². The molecule has 2 aromatic heterocycles. The lowest BCUT2D eigenvalue weighted by molar-refractivity contribution is 0.0937. The third-order valence-electron chi connectivity index (χ3n) is 7.12. The number of aromatic nitrogens is 3. The van der Waals surface area contributed by atoms with E-state index in [0.29, 0.717) is 28.0 Å². The molecular formula is C31H28Cl2N6O. The van der Waals surface area contributed by atoms with Crippen LogP contribution in [-0.2, 0) is 13.1 Å². The Balaban J connectivity index is 1.09. The minimum atomic E-state index is -0.0526. The number of imidazole rings is 1. The number of rotatable bonds is 8. The largest absolute Gasteiger partial charge is 0.365 e. The average Bonchev–Trinajstić information content (AvgIpc) is 3.60. The van der Waals surface area contributed by atoms with Crippen LogP contribution in [0.1, 0.15) is 27.9 Å². The summed E-state index contributed by atoms with van der Waals surface area (Å²) >= 11 is 12.2. The summed E-state index contributed by atoms with van der Waals surface area (Å²) in [6.45, 7) is 3.29. The monoisotopic (exact) mass is 570 g/mol. The Hall–Kier alpha value is -3.91. The van der Waals surface area contributed by atoms with Crippen molar-refractivity contribution in [3.8, 4) is 11.3 Å². The number of anilines is 1. The lowest BCUT2D eigenvalue weighted by Crippen LogP contribution is -2.36. The van der Waals surface area contributed by atoms with Crippen molar-refractivity contribution in [2.75, 3.05) is 18.4 Å². The second-order valence-corrected chi connectivity index (χ2v) is 10.8. The van der Waals surface area contributed by atoms with Crippen molar-refractivity contribution in [3.63, 3.8) is 0 Å². The molecule has 9 heteroatoms. The maximum atomic E-state index is 13.0. The Bertz CT molecular complexity index is 1640. The molecule has 1 aliphatic rings. The molecule has 0 spiro atoms. The molecular weight excluding hydrogens is 543 g/mol. The standard InChI is InChI=1S/C31H28Cl2N6O/c32-26-11-6-22(16-27(26)33)17-34-29-12-13-30-35-18-28(39(30)37-29)23-7-9-24(10-8-23)31(40)36-25-14-15-38(20-25)19-21-4-2-1-3-5-21/h1-13,16,18,25H,14-15,17,19-20H2,(H,34,37)(H,36,40)/t25-/m0/s1. The summed E-state index contributed by atoms with van der Waals surface area (Å²) in [5, 5.41) is 12.3. The lowest BCUT2D eigenvalue weighted by atomic mass is 10.1. The molecule has 3 aromatic carbocycles. The predicted octanol–water partition coefficient (Wildman–Crippen LogP) is 6.32. The van der Waals surface area contributed by atoms with Crippen LogP contribution in [-0.4, -0.2) is 44.5 Å². The molecule has 6 rings (SSSR count). The molecule has 1 saturated heterocycles. The van der Waals surface area contributed by atoms with E-state index in [1.165, 1.54) is 5.56 Å². The van der Waals surface area contributed by atoms with Gasteiger partial charge in [-0.15, -0.1) is 5.10 Å². The van der Waals surface area contributed by atoms with E-state index < -0.39 is 0 Å². The van der Waals surface area contributed by atoms with Crippen molar-refractivity contribution < 1.29 is 4.79 Å². The van der Waals surface area contributed by atoms with Gasteiger partial charge in [0, 0.05) is 43.3 Å². The Kier molecular flexibility index (Phi) is 7.68. The fourth-order valence-corrected chi connectivity index (χ4v) is 5.32. The van der Waals surface area contributed by atoms with Gasteiger partial charge in [0.25, 0.3) is 5.91 Å². The summed E-state index contributed by atoms with van der Waals surface area (Å²) in [7, 11) is 0. The summed E-state index contributed by atoms with van der Waals surface area (Å²) in [5.41, 5.74) is 5.42. The topological polar surface area (TPSA) is 74.6 Å². The van der Waals surface area contributed by atoms with Crippen molar-refractivity contribution in [3.05, 3.63) is 118 Å². The third-order valence-corrected chi connectivity index (χ3v) is 7.86. The van der Waals surface area contributed by atoms with Crippen molar-refractivity contribution >= 4 is 40.6 Å². The van der Waals surface area contributed by atoms with Gasteiger partial charge >= 0.3 is 0 Å². The van der Waals surface area contributed by atoms with Gasteiger partial charge in [-0.2, -0.15) is 0 Å². The Morgan fingerprint density at radius 3 is 2.55 bits per heavy atom. The number of hydrogen-bond donors (Lipinski definition) is 2. The summed E-state index contributed by atoms with van der Waals surface area (Å²) in [4.78, 5) is 19.8. The zero-order valence-corrected chi connectivity index (χ0v) is 23.2. The number of carbonyl (C=O) groups is 1. The van der Waals surface area contributed by atoms with Gasteiger partial charge in [-0.1, -0.05) is 71.7 Å². The molecule has 40 heavy (non-hydrogen) atoms. The third kappa shape index (κ3) is 5.97. The summed E-state index contributed by atoms with van der Waals surface area (Å²) in [6, 6.07) is 27.5. The van der Waals surface area contributed by atoms with Crippen molar-refractivity contribution in [2.24, 2.45) is 0 Å². The number of nitrogens with one attached hydrogen (secondary N) is 2. The van der Waals surface area contributed by atoms with Crippen LogP contribution in [0.5, 0.6) is 0 Å². The molecule has 0 radical (unpaired) electrons. The van der Waals surface area contributed by atoms with Crippen LogP contribution < -0.4 is 10.6 Å². The molecule has 1 atom stereocenters. The summed E-state index contributed by atoms with van der Waals surface area (Å²) in [6.07, 6.45) is 2.74. The van der Waals surface area contributed by atoms with E-state index in [1.54, 1.807) is 16.8 Å². The smallest absolute Gasteiger partial charge is 0.251 e. The van der Waals surface area contributed by atoms with Crippen LogP contribution in [0.2, 0.25) is 10.0 Å². The van der Waals surface area contributed by atoms with Crippen LogP contribution in [0.15, 0.2) is 91.1 Å². The van der Waals surface area contributed by atoms with Gasteiger partial charge < -0.3 is 10.6 Å². The number of likely N-dealkylation sites (tertiary alicyclic amines) is 1. The first-order valence-electron chi connectivity index (χ1n) is 13.2. The van der Waals surface area contributed by atoms with Gasteiger partial charge in [0.15, 0.2) is 5.65 Å². The van der Waals surface area contributed by atoms with Gasteiger partial charge in [0.1, 0.15) is 5.82 Å². The molecule has 0 saturated carbocycles. The number of hydrogen-bond acceptors (Lipinski definition) is 5. The van der Waals surface area contributed by atoms with E-state index in [0.717, 1.165) is 48.5 Å². The zero-order valence-electron chi connectivity index (χ0n) is 21.7. The molecule has 0 unspecified atom stereocenters. The average molecular weight is 572 g/mol. The first-order chi connectivity index (χ1) is 19.5. The van der Waals surface area contributed by atoms with Crippen LogP contribution in [0, 0.1) is 0 Å². The Morgan fingerprint density at radius 2 is 1.75 bits per heavy atom. The number of benzene rings is 3. The fraction of sp³-hybridized carbons (Fsp3) is 0.194. The molecule has 0 bridgehead atoms. The zero-order chi connectivity index (χ0) is 27.5. The maximum Gasteiger partial charge on any atom is 0.251 e. The highest BCUT2D eigenvalue weighted by Gasteiger charge is 2.24. The number of carbonyl (C=O) groups excluding carboxylic acids is 1. The van der Waals surface area contributed by atoms with E-state index in [4.69, 9.17) is 28.3 Å². The Morgan fingerprint density at radius 1 is 0.925 bits per heavy atom. The van der Waals surface area contributed by atoms with E-state index in [-0.39, 0.29) is 11.9 Å². The number of nitrogens with zero attached hydrogens (tertiary/aromatic N) is 4. The normalized spacial score (nSPS) is 15.4. The molecule has 202 valence electrons. The van der Waals surface area contributed by atoms with Gasteiger partial charge in [-0.3, -0.25) is 9.69 Å². The minimum Gasteiger partial charge on any atom is -0.365 e. The lowest BCUT2D eigenvalue weighted by Gasteiger charge is -2.17. The van der Waals surface area contributed by atoms with Crippen molar-refractivity contribution in [1.29, 1.82) is 0 Å². The second-order valence-electron chi connectivity index (χ2n) is 9.99. The molecule has 1 amide bonds. The van der Waals surface area contributed by atoms with Crippen LogP contribution in [0.4, 0.5) is 5.82 Å². The number of amides is 1. The number of fused-ring (bicyclic) bond motifs is 1. The van der Waals surface area contributed by atoms with Gasteiger partial charge in [-0.05, 0) is 53.9 Å². The SMILES string of the molecule is O=C(N[C@H]1CCN(Cc2ccccc2)C1)c1ccc(-c2cnc3ccc(NCc4ccc(Cl)c(Cl)c4)nn23)cc1. The van der Waals surface area contributed by atoms with E-state index in [1.807, 2.05) is 54.6 Å². The van der Waals surface area contributed by atoms with E-state index >= 15 is 0 Å². The van der Waals surface area contributed by atoms with Crippen LogP contribution in [0.25, 0.3) is 16.9 Å². The molecule has 3 heterocycles. The van der Waals surface area contributed by atoms with Gasteiger partial charge in [0.05, 0.1) is 21.9 Å². The molecule has 1 fully saturated rings. The highest BCUT2D eigenvalue weighted by Crippen LogP contribution is 2.24. The Labute approximate surface area is 242 Å². The van der Waals surface area contributed by atoms with E-state index in [9.17, 15) is 4.79 Å². The number of halogens is 2. The second kappa shape index (κ2) is 11.7. The quantitative estimate of drug-likeness (QED) is 0.228. The highest BCUT2D eigenvalue weighted by molar-refractivity contribution is 6.42. The first kappa shape index (κ1) is 26.3. The molecule has 7 nitrogen and oxygen atoms in total. The fourth-order valence-electron chi connectivity index (χ4n) is 5.00. The minimum absolute atomic E-state index is 0.0526.